The normalized spacial score (nSPS) is 27.7. The smallest absolute Gasteiger partial charge is 0.163 e. The van der Waals surface area contributed by atoms with E-state index in [-0.39, 0.29) is 6.10 Å². The Bertz CT molecular complexity index is 230. The second-order valence-corrected chi connectivity index (χ2v) is 11.4. The zero-order valence-electron chi connectivity index (χ0n) is 10.7. The summed E-state index contributed by atoms with van der Waals surface area (Å²) in [7, 11) is -1.15. The minimum atomic E-state index is -1.15. The molecule has 0 saturated carbocycles. The summed E-state index contributed by atoms with van der Waals surface area (Å²) in [4.78, 5) is 0. The molecule has 1 aliphatic heterocycles. The highest BCUT2D eigenvalue weighted by Crippen LogP contribution is 2.33. The van der Waals surface area contributed by atoms with E-state index in [0.717, 1.165) is 13.0 Å². The molecule has 2 unspecified atom stereocenters. The Labute approximate surface area is 94.7 Å². The van der Waals surface area contributed by atoms with Gasteiger partial charge in [0.1, 0.15) is 0 Å². The van der Waals surface area contributed by atoms with E-state index in [2.05, 4.69) is 32.3 Å². The van der Waals surface area contributed by atoms with E-state index in [9.17, 15) is 0 Å². The van der Waals surface area contributed by atoms with E-state index in [1.807, 2.05) is 13.8 Å². The standard InChI is InChI=1S/C12H24O2Si/c1-7-11(15(4,5)6)8-10-9-13-12(2,3)14-10/h7,10-11H,1,8-9H2,2-6H3. The fourth-order valence-corrected chi connectivity index (χ4v) is 3.64. The van der Waals surface area contributed by atoms with Crippen LogP contribution in [-0.4, -0.2) is 26.6 Å². The van der Waals surface area contributed by atoms with Crippen molar-refractivity contribution in [3.63, 3.8) is 0 Å². The maximum absolute atomic E-state index is 5.83. The van der Waals surface area contributed by atoms with Gasteiger partial charge in [-0.3, -0.25) is 0 Å². The van der Waals surface area contributed by atoms with Crippen LogP contribution in [0.25, 0.3) is 0 Å². The molecular weight excluding hydrogens is 204 g/mol. The Morgan fingerprint density at radius 2 is 2.07 bits per heavy atom. The minimum absolute atomic E-state index is 0.245. The first-order chi connectivity index (χ1) is 6.74. The van der Waals surface area contributed by atoms with Crippen LogP contribution in [0.1, 0.15) is 20.3 Å². The number of hydrogen-bond donors (Lipinski definition) is 0. The SMILES string of the molecule is C=CC(CC1COC(C)(C)O1)[Si](C)(C)C. The van der Waals surface area contributed by atoms with Crippen molar-refractivity contribution in [3.8, 4) is 0 Å². The molecule has 0 radical (unpaired) electrons. The van der Waals surface area contributed by atoms with Gasteiger partial charge >= 0.3 is 0 Å². The summed E-state index contributed by atoms with van der Waals surface area (Å²) in [5.74, 6) is -0.393. The highest BCUT2D eigenvalue weighted by atomic mass is 28.3. The molecule has 0 N–H and O–H groups in total. The zero-order chi connectivity index (χ0) is 11.7. The summed E-state index contributed by atoms with van der Waals surface area (Å²) < 4.78 is 11.4. The predicted molar refractivity (Wildman–Crippen MR) is 66.8 cm³/mol. The molecule has 15 heavy (non-hydrogen) atoms. The molecule has 1 heterocycles. The lowest BCUT2D eigenvalue weighted by Crippen LogP contribution is -2.31. The van der Waals surface area contributed by atoms with Crippen molar-refractivity contribution in [1.82, 2.24) is 0 Å². The first-order valence-corrected chi connectivity index (χ1v) is 9.26. The van der Waals surface area contributed by atoms with Crippen molar-refractivity contribution in [2.75, 3.05) is 6.61 Å². The maximum atomic E-state index is 5.83. The van der Waals surface area contributed by atoms with Gasteiger partial charge in [0, 0.05) is 0 Å². The summed E-state index contributed by atoms with van der Waals surface area (Å²) in [6, 6.07) is 0. The minimum Gasteiger partial charge on any atom is -0.348 e. The molecule has 0 aromatic heterocycles. The van der Waals surface area contributed by atoms with Gasteiger partial charge in [-0.1, -0.05) is 25.7 Å². The third-order valence-corrected chi connectivity index (χ3v) is 5.68. The quantitative estimate of drug-likeness (QED) is 0.542. The number of rotatable bonds is 4. The molecule has 2 atom stereocenters. The fourth-order valence-electron chi connectivity index (χ4n) is 1.97. The number of allylic oxidation sites excluding steroid dienone is 1. The lowest BCUT2D eigenvalue weighted by Gasteiger charge is -2.28. The number of hydrogen-bond acceptors (Lipinski definition) is 2. The molecule has 2 nitrogen and oxygen atoms in total. The highest BCUT2D eigenvalue weighted by molar-refractivity contribution is 6.78. The van der Waals surface area contributed by atoms with Crippen molar-refractivity contribution in [2.45, 2.75) is 57.3 Å². The molecule has 1 fully saturated rings. The van der Waals surface area contributed by atoms with Crippen LogP contribution in [0.15, 0.2) is 12.7 Å². The average Bonchev–Trinajstić information content (AvgIpc) is 2.39. The average molecular weight is 228 g/mol. The highest BCUT2D eigenvalue weighted by Gasteiger charge is 2.36. The van der Waals surface area contributed by atoms with Crippen LogP contribution in [0.4, 0.5) is 0 Å². The Hall–Kier alpha value is -0.123. The summed E-state index contributed by atoms with van der Waals surface area (Å²) in [5, 5.41) is 0. The monoisotopic (exact) mass is 228 g/mol. The van der Waals surface area contributed by atoms with Gasteiger partial charge in [0.15, 0.2) is 5.79 Å². The van der Waals surface area contributed by atoms with Crippen molar-refractivity contribution in [3.05, 3.63) is 12.7 Å². The molecular formula is C12H24O2Si. The zero-order valence-corrected chi connectivity index (χ0v) is 11.7. The van der Waals surface area contributed by atoms with Crippen LogP contribution in [-0.2, 0) is 9.47 Å². The molecule has 0 aromatic rings. The second kappa shape index (κ2) is 4.40. The van der Waals surface area contributed by atoms with Crippen LogP contribution in [0.2, 0.25) is 25.2 Å². The van der Waals surface area contributed by atoms with E-state index < -0.39 is 13.9 Å². The van der Waals surface area contributed by atoms with Crippen LogP contribution in [0, 0.1) is 0 Å². The third-order valence-electron chi connectivity index (χ3n) is 2.98. The van der Waals surface area contributed by atoms with Crippen LogP contribution < -0.4 is 0 Å². The third kappa shape index (κ3) is 3.74. The van der Waals surface area contributed by atoms with Crippen LogP contribution in [0.3, 0.4) is 0 Å². The lowest BCUT2D eigenvalue weighted by molar-refractivity contribution is -0.138. The van der Waals surface area contributed by atoms with E-state index >= 15 is 0 Å². The lowest BCUT2D eigenvalue weighted by atomic mass is 10.2. The number of ether oxygens (including phenoxy) is 2. The predicted octanol–water partition coefficient (Wildman–Crippen LogP) is 3.42. The van der Waals surface area contributed by atoms with Crippen molar-refractivity contribution in [1.29, 1.82) is 0 Å². The Kier molecular flexibility index (Phi) is 3.79. The molecule has 0 amide bonds. The summed E-state index contributed by atoms with van der Waals surface area (Å²) >= 11 is 0. The molecule has 0 bridgehead atoms. The van der Waals surface area contributed by atoms with Crippen molar-refractivity contribution in [2.24, 2.45) is 0 Å². The van der Waals surface area contributed by atoms with E-state index in [4.69, 9.17) is 9.47 Å². The van der Waals surface area contributed by atoms with E-state index in [1.165, 1.54) is 0 Å². The van der Waals surface area contributed by atoms with Gasteiger partial charge in [0.2, 0.25) is 0 Å². The molecule has 0 spiro atoms. The van der Waals surface area contributed by atoms with Gasteiger partial charge in [0.25, 0.3) is 0 Å². The van der Waals surface area contributed by atoms with Crippen molar-refractivity contribution < 1.29 is 9.47 Å². The molecule has 1 aliphatic rings. The van der Waals surface area contributed by atoms with Gasteiger partial charge in [-0.25, -0.2) is 0 Å². The van der Waals surface area contributed by atoms with Gasteiger partial charge in [-0.05, 0) is 25.8 Å². The molecule has 1 saturated heterocycles. The molecule has 3 heteroatoms. The van der Waals surface area contributed by atoms with Gasteiger partial charge < -0.3 is 9.47 Å². The largest absolute Gasteiger partial charge is 0.348 e. The summed E-state index contributed by atoms with van der Waals surface area (Å²) in [5.41, 5.74) is 0.611. The van der Waals surface area contributed by atoms with Crippen LogP contribution in [0.5, 0.6) is 0 Å². The van der Waals surface area contributed by atoms with E-state index in [0.29, 0.717) is 5.54 Å². The Balaban J connectivity index is 2.51. The van der Waals surface area contributed by atoms with E-state index in [1.54, 1.807) is 0 Å². The van der Waals surface area contributed by atoms with Crippen LogP contribution >= 0.6 is 0 Å². The fraction of sp³-hybridized carbons (Fsp3) is 0.833. The second-order valence-electron chi connectivity index (χ2n) is 5.89. The molecule has 88 valence electrons. The molecule has 0 aromatic carbocycles. The Morgan fingerprint density at radius 1 is 1.47 bits per heavy atom. The molecule has 1 rings (SSSR count). The maximum Gasteiger partial charge on any atom is 0.163 e. The first kappa shape index (κ1) is 12.9. The van der Waals surface area contributed by atoms with Gasteiger partial charge in [-0.15, -0.1) is 6.58 Å². The van der Waals surface area contributed by atoms with Gasteiger partial charge in [0.05, 0.1) is 20.8 Å². The summed E-state index contributed by atoms with van der Waals surface area (Å²) in [6.07, 6.45) is 3.40. The van der Waals surface area contributed by atoms with Gasteiger partial charge in [-0.2, -0.15) is 0 Å². The topological polar surface area (TPSA) is 18.5 Å². The van der Waals surface area contributed by atoms with Crippen molar-refractivity contribution >= 4 is 8.07 Å². The molecule has 0 aliphatic carbocycles. The first-order valence-electron chi connectivity index (χ1n) is 5.69. The Morgan fingerprint density at radius 3 is 2.40 bits per heavy atom. The summed E-state index contributed by atoms with van der Waals surface area (Å²) in [6.45, 7) is 15.7.